The molecule has 3 nitrogen and oxygen atoms in total. The molecule has 20 heavy (non-hydrogen) atoms. The second kappa shape index (κ2) is 6.40. The fourth-order valence-electron chi connectivity index (χ4n) is 2.73. The molecular weight excluding hydrogens is 246 g/mol. The SMILES string of the molecule is CCNCCC(C)(C)Cc1nc2ccccc2n1CC. The van der Waals surface area contributed by atoms with Crippen LogP contribution in [0, 0.1) is 5.41 Å². The van der Waals surface area contributed by atoms with E-state index in [1.54, 1.807) is 0 Å². The minimum absolute atomic E-state index is 0.274. The van der Waals surface area contributed by atoms with Gasteiger partial charge in [0, 0.05) is 13.0 Å². The van der Waals surface area contributed by atoms with Crippen LogP contribution in [-0.2, 0) is 13.0 Å². The Morgan fingerprint density at radius 1 is 1.20 bits per heavy atom. The molecule has 110 valence electrons. The molecule has 0 aliphatic rings. The van der Waals surface area contributed by atoms with Crippen LogP contribution in [0.25, 0.3) is 11.0 Å². The van der Waals surface area contributed by atoms with Crippen molar-refractivity contribution in [1.82, 2.24) is 14.9 Å². The number of imidazole rings is 1. The second-order valence-electron chi connectivity index (χ2n) is 6.21. The molecule has 1 aromatic heterocycles. The van der Waals surface area contributed by atoms with Gasteiger partial charge in [-0.2, -0.15) is 0 Å². The average Bonchev–Trinajstić information content (AvgIpc) is 2.75. The van der Waals surface area contributed by atoms with E-state index in [2.05, 4.69) is 61.8 Å². The number of nitrogens with one attached hydrogen (secondary N) is 1. The van der Waals surface area contributed by atoms with Crippen LogP contribution in [0.1, 0.15) is 39.9 Å². The number of hydrogen-bond acceptors (Lipinski definition) is 2. The Morgan fingerprint density at radius 2 is 1.95 bits per heavy atom. The largest absolute Gasteiger partial charge is 0.328 e. The molecule has 0 aliphatic carbocycles. The molecular formula is C17H27N3. The van der Waals surface area contributed by atoms with Crippen LogP contribution in [0.5, 0.6) is 0 Å². The monoisotopic (exact) mass is 273 g/mol. The summed E-state index contributed by atoms with van der Waals surface area (Å²) in [6.07, 6.45) is 2.20. The summed E-state index contributed by atoms with van der Waals surface area (Å²) in [4.78, 5) is 4.84. The van der Waals surface area contributed by atoms with E-state index in [0.717, 1.165) is 31.6 Å². The first-order chi connectivity index (χ1) is 9.57. The zero-order valence-corrected chi connectivity index (χ0v) is 13.2. The normalized spacial score (nSPS) is 12.2. The minimum atomic E-state index is 0.274. The van der Waals surface area contributed by atoms with Crippen LogP contribution < -0.4 is 5.32 Å². The van der Waals surface area contributed by atoms with E-state index >= 15 is 0 Å². The number of benzene rings is 1. The van der Waals surface area contributed by atoms with Crippen LogP contribution in [0.15, 0.2) is 24.3 Å². The predicted octanol–water partition coefficient (Wildman–Crippen LogP) is 3.62. The van der Waals surface area contributed by atoms with Gasteiger partial charge >= 0.3 is 0 Å². The molecule has 3 heteroatoms. The van der Waals surface area contributed by atoms with E-state index in [0.29, 0.717) is 0 Å². The zero-order chi connectivity index (χ0) is 14.6. The van der Waals surface area contributed by atoms with Gasteiger partial charge in [-0.3, -0.25) is 0 Å². The topological polar surface area (TPSA) is 29.9 Å². The molecule has 1 heterocycles. The molecule has 0 fully saturated rings. The summed E-state index contributed by atoms with van der Waals surface area (Å²) in [6, 6.07) is 8.43. The van der Waals surface area contributed by atoms with E-state index < -0.39 is 0 Å². The van der Waals surface area contributed by atoms with E-state index in [1.807, 2.05) is 0 Å². The molecule has 0 saturated heterocycles. The number of aryl methyl sites for hydroxylation is 1. The lowest BCUT2D eigenvalue weighted by Crippen LogP contribution is -2.25. The molecule has 0 saturated carbocycles. The smallest absolute Gasteiger partial charge is 0.110 e. The van der Waals surface area contributed by atoms with Crippen molar-refractivity contribution in [3.63, 3.8) is 0 Å². The van der Waals surface area contributed by atoms with E-state index in [4.69, 9.17) is 4.98 Å². The van der Waals surface area contributed by atoms with Gasteiger partial charge in [0.1, 0.15) is 5.82 Å². The maximum absolute atomic E-state index is 4.84. The number of nitrogens with zero attached hydrogens (tertiary/aromatic N) is 2. The lowest BCUT2D eigenvalue weighted by Gasteiger charge is -2.24. The number of para-hydroxylation sites is 2. The van der Waals surface area contributed by atoms with Crippen LogP contribution >= 0.6 is 0 Å². The highest BCUT2D eigenvalue weighted by Crippen LogP contribution is 2.27. The molecule has 0 aliphatic heterocycles. The van der Waals surface area contributed by atoms with Crippen LogP contribution in [0.4, 0.5) is 0 Å². The second-order valence-corrected chi connectivity index (χ2v) is 6.21. The standard InChI is InChI=1S/C17H27N3/c1-5-18-12-11-17(3,4)13-16-19-14-9-7-8-10-15(14)20(16)6-2/h7-10,18H,5-6,11-13H2,1-4H3. The Morgan fingerprint density at radius 3 is 2.65 bits per heavy atom. The van der Waals surface area contributed by atoms with Gasteiger partial charge in [-0.1, -0.05) is 32.9 Å². The Bertz CT molecular complexity index is 554. The summed E-state index contributed by atoms with van der Waals surface area (Å²) in [5.41, 5.74) is 2.65. The van der Waals surface area contributed by atoms with E-state index in [1.165, 1.54) is 17.8 Å². The predicted molar refractivity (Wildman–Crippen MR) is 86.1 cm³/mol. The highest BCUT2D eigenvalue weighted by molar-refractivity contribution is 5.75. The Kier molecular flexibility index (Phi) is 4.81. The van der Waals surface area contributed by atoms with Gasteiger partial charge in [-0.25, -0.2) is 4.98 Å². The van der Waals surface area contributed by atoms with Crippen LogP contribution in [-0.4, -0.2) is 22.6 Å². The summed E-state index contributed by atoms with van der Waals surface area (Å²) in [7, 11) is 0. The van der Waals surface area contributed by atoms with Crippen molar-refractivity contribution in [2.75, 3.05) is 13.1 Å². The third-order valence-corrected chi connectivity index (χ3v) is 3.92. The summed E-state index contributed by atoms with van der Waals surface area (Å²) in [6.45, 7) is 12.1. The van der Waals surface area contributed by atoms with Crippen LogP contribution in [0.3, 0.4) is 0 Å². The lowest BCUT2D eigenvalue weighted by atomic mass is 9.85. The van der Waals surface area contributed by atoms with Gasteiger partial charge in [0.25, 0.3) is 0 Å². The molecule has 0 spiro atoms. The fourth-order valence-corrected chi connectivity index (χ4v) is 2.73. The summed E-state index contributed by atoms with van der Waals surface area (Å²) >= 11 is 0. The van der Waals surface area contributed by atoms with E-state index in [9.17, 15) is 0 Å². The molecule has 1 N–H and O–H groups in total. The first-order valence-electron chi connectivity index (χ1n) is 7.72. The minimum Gasteiger partial charge on any atom is -0.328 e. The molecule has 0 amide bonds. The molecule has 0 unspecified atom stereocenters. The maximum Gasteiger partial charge on any atom is 0.110 e. The molecule has 0 bridgehead atoms. The zero-order valence-electron chi connectivity index (χ0n) is 13.2. The third kappa shape index (κ3) is 3.40. The Balaban J connectivity index is 2.20. The van der Waals surface area contributed by atoms with Crippen molar-refractivity contribution in [3.05, 3.63) is 30.1 Å². The van der Waals surface area contributed by atoms with E-state index in [-0.39, 0.29) is 5.41 Å². The Labute approximate surface area is 122 Å². The number of aromatic nitrogens is 2. The van der Waals surface area contributed by atoms with Crippen molar-refractivity contribution >= 4 is 11.0 Å². The third-order valence-electron chi connectivity index (χ3n) is 3.92. The fraction of sp³-hybridized carbons (Fsp3) is 0.588. The summed E-state index contributed by atoms with van der Waals surface area (Å²) in [5.74, 6) is 1.22. The highest BCUT2D eigenvalue weighted by atomic mass is 15.1. The maximum atomic E-state index is 4.84. The van der Waals surface area contributed by atoms with Crippen molar-refractivity contribution in [3.8, 4) is 0 Å². The van der Waals surface area contributed by atoms with Crippen molar-refractivity contribution < 1.29 is 0 Å². The quantitative estimate of drug-likeness (QED) is 0.781. The van der Waals surface area contributed by atoms with Crippen molar-refractivity contribution in [2.45, 2.75) is 47.1 Å². The van der Waals surface area contributed by atoms with Gasteiger partial charge in [-0.15, -0.1) is 0 Å². The van der Waals surface area contributed by atoms with Gasteiger partial charge in [0.15, 0.2) is 0 Å². The number of hydrogen-bond donors (Lipinski definition) is 1. The molecule has 2 aromatic rings. The number of rotatable bonds is 7. The van der Waals surface area contributed by atoms with Gasteiger partial charge in [0.05, 0.1) is 11.0 Å². The molecule has 1 aromatic carbocycles. The van der Waals surface area contributed by atoms with Crippen LogP contribution in [0.2, 0.25) is 0 Å². The lowest BCUT2D eigenvalue weighted by molar-refractivity contribution is 0.316. The molecule has 2 rings (SSSR count). The van der Waals surface area contributed by atoms with Gasteiger partial charge in [0.2, 0.25) is 0 Å². The molecule has 0 radical (unpaired) electrons. The number of fused-ring (bicyclic) bond motifs is 1. The Hall–Kier alpha value is -1.35. The summed E-state index contributed by atoms with van der Waals surface area (Å²) < 4.78 is 2.35. The first-order valence-corrected chi connectivity index (χ1v) is 7.72. The van der Waals surface area contributed by atoms with Gasteiger partial charge < -0.3 is 9.88 Å². The van der Waals surface area contributed by atoms with Gasteiger partial charge in [-0.05, 0) is 44.0 Å². The average molecular weight is 273 g/mol. The molecule has 0 atom stereocenters. The summed E-state index contributed by atoms with van der Waals surface area (Å²) in [5, 5.41) is 3.42. The first kappa shape index (κ1) is 15.0. The van der Waals surface area contributed by atoms with Crippen molar-refractivity contribution in [2.24, 2.45) is 5.41 Å². The van der Waals surface area contributed by atoms with Crippen molar-refractivity contribution in [1.29, 1.82) is 0 Å². The highest BCUT2D eigenvalue weighted by Gasteiger charge is 2.21.